The number of nitriles is 2. The molecule has 0 amide bonds. The van der Waals surface area contributed by atoms with Gasteiger partial charge in [-0.25, -0.2) is 4.98 Å². The molecule has 5 nitrogen and oxygen atoms in total. The van der Waals surface area contributed by atoms with E-state index in [2.05, 4.69) is 61.9 Å². The van der Waals surface area contributed by atoms with Crippen molar-refractivity contribution in [1.82, 2.24) is 4.98 Å². The van der Waals surface area contributed by atoms with Crippen molar-refractivity contribution in [3.8, 4) is 12.1 Å². The molecule has 0 fully saturated rings. The van der Waals surface area contributed by atoms with E-state index in [0.29, 0.717) is 27.8 Å². The Kier molecular flexibility index (Phi) is 5.51. The van der Waals surface area contributed by atoms with Gasteiger partial charge in [0, 0.05) is 28.4 Å². The fourth-order valence-corrected chi connectivity index (χ4v) is 5.79. The van der Waals surface area contributed by atoms with Crippen LogP contribution in [-0.4, -0.2) is 17.1 Å². The first-order valence-electron chi connectivity index (χ1n) is 11.2. The summed E-state index contributed by atoms with van der Waals surface area (Å²) < 4.78 is 0. The summed E-state index contributed by atoms with van der Waals surface area (Å²) in [6, 6.07) is 8.67. The van der Waals surface area contributed by atoms with Gasteiger partial charge < -0.3 is 10.6 Å². The van der Waals surface area contributed by atoms with Gasteiger partial charge in [-0.05, 0) is 93.0 Å². The second kappa shape index (κ2) is 7.94. The number of fused-ring (bicyclic) bond motifs is 2. The topological polar surface area (TPSA) is 89.7 Å². The maximum atomic E-state index is 9.82. The molecule has 168 valence electrons. The number of pyridine rings is 1. The van der Waals surface area contributed by atoms with E-state index in [-0.39, 0.29) is 11.4 Å². The standard InChI is InChI=1S/C27H28ClN5/c1-7-33-23-10-22(28)17(8-18(23)14(2)11-27(33,5)6)9-19-15(3)20(12-29)25-24(19)16(4)21(13-30)26(31)32-25/h8-10,14H,7,11H2,1-6H3,(H2,31,32)/b19-9+. The van der Waals surface area contributed by atoms with E-state index < -0.39 is 0 Å². The summed E-state index contributed by atoms with van der Waals surface area (Å²) in [6.45, 7) is 13.7. The molecule has 2 aliphatic rings. The molecule has 1 aromatic heterocycles. The van der Waals surface area contributed by atoms with E-state index in [1.165, 1.54) is 11.3 Å². The summed E-state index contributed by atoms with van der Waals surface area (Å²) in [4.78, 5) is 6.84. The molecular weight excluding hydrogens is 430 g/mol. The highest BCUT2D eigenvalue weighted by molar-refractivity contribution is 6.32. The Balaban J connectivity index is 1.95. The van der Waals surface area contributed by atoms with Crippen molar-refractivity contribution >= 4 is 40.3 Å². The number of hydrogen-bond donors (Lipinski definition) is 1. The highest BCUT2D eigenvalue weighted by Crippen LogP contribution is 2.48. The lowest BCUT2D eigenvalue weighted by Crippen LogP contribution is -2.48. The van der Waals surface area contributed by atoms with Crippen LogP contribution >= 0.6 is 11.6 Å². The highest BCUT2D eigenvalue weighted by atomic mass is 35.5. The quantitative estimate of drug-likeness (QED) is 0.558. The smallest absolute Gasteiger partial charge is 0.142 e. The molecule has 0 saturated heterocycles. The van der Waals surface area contributed by atoms with Gasteiger partial charge in [-0.1, -0.05) is 18.5 Å². The van der Waals surface area contributed by atoms with Crippen LogP contribution in [0.15, 0.2) is 17.7 Å². The first-order chi connectivity index (χ1) is 15.5. The predicted molar refractivity (Wildman–Crippen MR) is 136 cm³/mol. The molecule has 2 heterocycles. The number of benzene rings is 1. The van der Waals surface area contributed by atoms with E-state index >= 15 is 0 Å². The molecule has 33 heavy (non-hydrogen) atoms. The van der Waals surface area contributed by atoms with Crippen molar-refractivity contribution in [2.75, 3.05) is 17.2 Å². The fourth-order valence-electron chi connectivity index (χ4n) is 5.58. The van der Waals surface area contributed by atoms with Crippen LogP contribution in [0.3, 0.4) is 0 Å². The molecule has 4 rings (SSSR count). The van der Waals surface area contributed by atoms with Crippen LogP contribution in [0.2, 0.25) is 5.02 Å². The SMILES string of the molecule is CCN1c2cc(Cl)c(/C=C3\C(C)=C(C#N)c4nc(N)c(C#N)c(C)c43)cc2C(C)CC1(C)C. The Hall–Kier alpha value is -3.28. The lowest BCUT2D eigenvalue weighted by molar-refractivity contribution is 0.381. The van der Waals surface area contributed by atoms with E-state index in [1.54, 1.807) is 0 Å². The lowest BCUT2D eigenvalue weighted by Gasteiger charge is -2.47. The molecule has 1 aliphatic heterocycles. The van der Waals surface area contributed by atoms with Crippen LogP contribution in [0.5, 0.6) is 0 Å². The van der Waals surface area contributed by atoms with E-state index in [9.17, 15) is 10.5 Å². The number of aromatic nitrogens is 1. The lowest BCUT2D eigenvalue weighted by atomic mass is 9.79. The number of nitrogen functional groups attached to an aromatic ring is 1. The van der Waals surface area contributed by atoms with Crippen LogP contribution in [0, 0.1) is 29.6 Å². The second-order valence-corrected chi connectivity index (χ2v) is 10.0. The molecular formula is C27H28ClN5. The second-order valence-electron chi connectivity index (χ2n) is 9.60. The largest absolute Gasteiger partial charge is 0.383 e. The minimum Gasteiger partial charge on any atom is -0.383 e. The number of anilines is 2. The van der Waals surface area contributed by atoms with Gasteiger partial charge in [0.25, 0.3) is 0 Å². The molecule has 1 aromatic carbocycles. The summed E-state index contributed by atoms with van der Waals surface area (Å²) >= 11 is 6.83. The van der Waals surface area contributed by atoms with Gasteiger partial charge in [0.1, 0.15) is 18.0 Å². The Labute approximate surface area is 200 Å². The van der Waals surface area contributed by atoms with Crippen LogP contribution in [0.25, 0.3) is 17.2 Å². The number of rotatable bonds is 2. The van der Waals surface area contributed by atoms with Crippen LogP contribution in [0.4, 0.5) is 11.5 Å². The summed E-state index contributed by atoms with van der Waals surface area (Å²) in [5.41, 5.74) is 14.0. The number of hydrogen-bond acceptors (Lipinski definition) is 5. The third-order valence-electron chi connectivity index (χ3n) is 7.10. The summed E-state index contributed by atoms with van der Waals surface area (Å²) in [6.07, 6.45) is 3.08. The zero-order valence-corrected chi connectivity index (χ0v) is 20.7. The Morgan fingerprint density at radius 3 is 2.58 bits per heavy atom. The monoisotopic (exact) mass is 457 g/mol. The average molecular weight is 458 g/mol. The number of allylic oxidation sites excluding steroid dienone is 3. The molecule has 1 atom stereocenters. The minimum atomic E-state index is 0.0618. The van der Waals surface area contributed by atoms with Gasteiger partial charge in [0.2, 0.25) is 0 Å². The van der Waals surface area contributed by atoms with Crippen molar-refractivity contribution in [2.24, 2.45) is 0 Å². The van der Waals surface area contributed by atoms with E-state index in [4.69, 9.17) is 17.3 Å². The van der Waals surface area contributed by atoms with Crippen molar-refractivity contribution in [1.29, 1.82) is 10.5 Å². The number of nitrogens with zero attached hydrogens (tertiary/aromatic N) is 4. The predicted octanol–water partition coefficient (Wildman–Crippen LogP) is 6.46. The first kappa shape index (κ1) is 22.9. The summed E-state index contributed by atoms with van der Waals surface area (Å²) in [7, 11) is 0. The number of nitrogens with two attached hydrogens (primary N) is 1. The van der Waals surface area contributed by atoms with Crippen molar-refractivity contribution < 1.29 is 0 Å². The molecule has 0 spiro atoms. The Morgan fingerprint density at radius 1 is 1.27 bits per heavy atom. The van der Waals surface area contributed by atoms with Gasteiger partial charge in [0.15, 0.2) is 0 Å². The minimum absolute atomic E-state index is 0.0618. The Bertz CT molecular complexity index is 1330. The maximum absolute atomic E-state index is 9.82. The van der Waals surface area contributed by atoms with Gasteiger partial charge >= 0.3 is 0 Å². The van der Waals surface area contributed by atoms with E-state index in [0.717, 1.165) is 40.8 Å². The highest BCUT2D eigenvalue weighted by Gasteiger charge is 2.36. The zero-order valence-electron chi connectivity index (χ0n) is 20.0. The van der Waals surface area contributed by atoms with Gasteiger partial charge in [-0.3, -0.25) is 0 Å². The normalized spacial score (nSPS) is 19.8. The molecule has 1 unspecified atom stereocenters. The average Bonchev–Trinajstić information content (AvgIpc) is 2.99. The van der Waals surface area contributed by atoms with Crippen molar-refractivity contribution in [3.05, 3.63) is 56.2 Å². The van der Waals surface area contributed by atoms with Crippen LogP contribution < -0.4 is 10.6 Å². The molecule has 0 saturated carbocycles. The van der Waals surface area contributed by atoms with Crippen molar-refractivity contribution in [3.63, 3.8) is 0 Å². The molecule has 1 aliphatic carbocycles. The van der Waals surface area contributed by atoms with E-state index in [1.807, 2.05) is 19.9 Å². The molecule has 0 radical (unpaired) electrons. The van der Waals surface area contributed by atoms with Crippen molar-refractivity contribution in [2.45, 2.75) is 59.4 Å². The van der Waals surface area contributed by atoms with Crippen LogP contribution in [0.1, 0.15) is 80.5 Å². The fraction of sp³-hybridized carbons (Fsp3) is 0.370. The first-order valence-corrected chi connectivity index (χ1v) is 11.6. The van der Waals surface area contributed by atoms with Crippen LogP contribution in [-0.2, 0) is 0 Å². The van der Waals surface area contributed by atoms with Gasteiger partial charge in [0.05, 0.1) is 16.8 Å². The number of halogens is 1. The Morgan fingerprint density at radius 2 is 1.97 bits per heavy atom. The third-order valence-corrected chi connectivity index (χ3v) is 7.43. The summed E-state index contributed by atoms with van der Waals surface area (Å²) in [5, 5.41) is 20.1. The molecule has 2 N–H and O–H groups in total. The van der Waals surface area contributed by atoms with Gasteiger partial charge in [-0.2, -0.15) is 10.5 Å². The molecule has 2 aromatic rings. The zero-order chi connectivity index (χ0) is 24.2. The summed E-state index contributed by atoms with van der Waals surface area (Å²) in [5.74, 6) is 0.543. The maximum Gasteiger partial charge on any atom is 0.142 e. The molecule has 6 heteroatoms. The molecule has 0 bridgehead atoms. The van der Waals surface area contributed by atoms with Gasteiger partial charge in [-0.15, -0.1) is 0 Å². The third kappa shape index (κ3) is 3.39.